The number of aliphatic hydroxyl groups is 1. The number of hydrogen-bond donors (Lipinski definition) is 2. The molecule has 0 aromatic rings. The van der Waals surface area contributed by atoms with Gasteiger partial charge in [0.15, 0.2) is 4.30 Å². The van der Waals surface area contributed by atoms with E-state index in [1.54, 1.807) is 6.07 Å². The minimum atomic E-state index is -0.750. The first kappa shape index (κ1) is 22.4. The fourth-order valence-corrected chi connectivity index (χ4v) is 0. The number of aliphatic hydroxyl groups excluding tert-OH is 1. The van der Waals surface area contributed by atoms with Crippen molar-refractivity contribution >= 4 is 34.8 Å². The van der Waals surface area contributed by atoms with E-state index in [1.807, 2.05) is 0 Å². The maximum absolute atomic E-state index is 7.32. The van der Waals surface area contributed by atoms with Crippen molar-refractivity contribution in [3.63, 3.8) is 0 Å². The Morgan fingerprint density at radius 1 is 1.30 bits per heavy atom. The molecule has 0 saturated carbocycles. The van der Waals surface area contributed by atoms with E-state index >= 15 is 0 Å². The zero-order valence-electron chi connectivity index (χ0n) is 5.81. The highest BCUT2D eigenvalue weighted by atomic mass is 35.6. The molecule has 10 heavy (non-hydrogen) atoms. The maximum Gasteiger partial charge on any atom is 0.180 e. The Kier molecular flexibility index (Phi) is 78.0. The summed E-state index contributed by atoms with van der Waals surface area (Å²) >= 11 is 14.4. The first-order valence-corrected chi connectivity index (χ1v) is 3.13. The standard InChI is InChI=1S/C2H3N.CHCl3.CH4O.H3N/c1-2-3;2-1(3)4;1-2;/h1H3;1H;2H,1H3;1H3. The van der Waals surface area contributed by atoms with Crippen LogP contribution in [0.25, 0.3) is 0 Å². The van der Waals surface area contributed by atoms with Gasteiger partial charge in [-0.2, -0.15) is 5.26 Å². The molecule has 3 nitrogen and oxygen atoms in total. The molecule has 0 atom stereocenters. The predicted molar refractivity (Wildman–Crippen MR) is 45.8 cm³/mol. The summed E-state index contributed by atoms with van der Waals surface area (Å²) < 4.78 is -0.750. The van der Waals surface area contributed by atoms with E-state index < -0.39 is 4.30 Å². The Labute approximate surface area is 76.1 Å². The Balaban J connectivity index is -0.0000000273. The molecule has 64 valence electrons. The van der Waals surface area contributed by atoms with Gasteiger partial charge in [0.05, 0.1) is 6.07 Å². The van der Waals surface area contributed by atoms with Crippen LogP contribution in [0.15, 0.2) is 0 Å². The normalized spacial score (nSPS) is 5.00. The Morgan fingerprint density at radius 3 is 1.30 bits per heavy atom. The lowest BCUT2D eigenvalue weighted by Gasteiger charge is -1.69. The van der Waals surface area contributed by atoms with Crippen molar-refractivity contribution < 1.29 is 5.11 Å². The van der Waals surface area contributed by atoms with Crippen molar-refractivity contribution in [1.29, 1.82) is 5.26 Å². The molecule has 0 saturated heterocycles. The molecule has 0 unspecified atom stereocenters. The topological polar surface area (TPSA) is 79.0 Å². The molecule has 0 aliphatic rings. The largest absolute Gasteiger partial charge is 0.400 e. The van der Waals surface area contributed by atoms with Crippen LogP contribution in [-0.4, -0.2) is 16.5 Å². The average molecular weight is 210 g/mol. The van der Waals surface area contributed by atoms with E-state index in [0.717, 1.165) is 7.11 Å². The van der Waals surface area contributed by atoms with Crippen LogP contribution in [0, 0.1) is 11.3 Å². The SMILES string of the molecule is CC#N.CO.ClC(Cl)Cl.N. The van der Waals surface area contributed by atoms with Crippen LogP contribution in [0.1, 0.15) is 6.92 Å². The second-order valence-electron chi connectivity index (χ2n) is 0.471. The molecule has 0 heterocycles. The molecule has 0 radical (unpaired) electrons. The summed E-state index contributed by atoms with van der Waals surface area (Å²) in [5.74, 6) is 0. The third-order valence-electron chi connectivity index (χ3n) is 0. The lowest BCUT2D eigenvalue weighted by molar-refractivity contribution is 0.399. The molecule has 0 fully saturated rings. The van der Waals surface area contributed by atoms with E-state index in [9.17, 15) is 0 Å². The Hall–Kier alpha value is 0.280. The van der Waals surface area contributed by atoms with Gasteiger partial charge in [-0.25, -0.2) is 0 Å². The van der Waals surface area contributed by atoms with Crippen LogP contribution in [0.3, 0.4) is 0 Å². The number of alkyl halides is 3. The number of nitriles is 1. The molecule has 6 heteroatoms. The number of nitrogens with zero attached hydrogens (tertiary/aromatic N) is 1. The van der Waals surface area contributed by atoms with Gasteiger partial charge in [-0.3, -0.25) is 0 Å². The summed E-state index contributed by atoms with van der Waals surface area (Å²) in [6.45, 7) is 1.43. The van der Waals surface area contributed by atoms with E-state index in [-0.39, 0.29) is 6.15 Å². The van der Waals surface area contributed by atoms with Crippen LogP contribution in [0.4, 0.5) is 0 Å². The van der Waals surface area contributed by atoms with Gasteiger partial charge in [0.25, 0.3) is 0 Å². The lowest BCUT2D eigenvalue weighted by Crippen LogP contribution is -1.55. The summed E-state index contributed by atoms with van der Waals surface area (Å²) in [4.78, 5) is 0. The van der Waals surface area contributed by atoms with Crippen LogP contribution >= 0.6 is 34.8 Å². The first-order chi connectivity index (χ1) is 4.15. The smallest absolute Gasteiger partial charge is 0.180 e. The minimum absolute atomic E-state index is 0. The average Bonchev–Trinajstić information content (AvgIpc) is 1.71. The highest BCUT2D eigenvalue weighted by molar-refractivity contribution is 6.63. The Morgan fingerprint density at radius 2 is 1.30 bits per heavy atom. The van der Waals surface area contributed by atoms with E-state index in [1.165, 1.54) is 6.92 Å². The molecule has 0 aromatic carbocycles. The van der Waals surface area contributed by atoms with Gasteiger partial charge >= 0.3 is 0 Å². The van der Waals surface area contributed by atoms with E-state index in [0.29, 0.717) is 0 Å². The van der Waals surface area contributed by atoms with Gasteiger partial charge in [0.2, 0.25) is 0 Å². The highest BCUT2D eigenvalue weighted by Gasteiger charge is 1.78. The third-order valence-corrected chi connectivity index (χ3v) is 0. The third kappa shape index (κ3) is 5600. The molecule has 0 spiro atoms. The van der Waals surface area contributed by atoms with Crippen LogP contribution in [-0.2, 0) is 0 Å². The van der Waals surface area contributed by atoms with Gasteiger partial charge in [-0.05, 0) is 0 Å². The second kappa shape index (κ2) is 34.7. The number of halogens is 3. The fraction of sp³-hybridized carbons (Fsp3) is 0.750. The van der Waals surface area contributed by atoms with Crippen LogP contribution in [0.5, 0.6) is 0 Å². The van der Waals surface area contributed by atoms with Crippen molar-refractivity contribution in [2.24, 2.45) is 0 Å². The van der Waals surface area contributed by atoms with E-state index in [4.69, 9.17) is 45.2 Å². The van der Waals surface area contributed by atoms with E-state index in [2.05, 4.69) is 0 Å². The molecule has 0 aromatic heterocycles. The summed E-state index contributed by atoms with van der Waals surface area (Å²) in [6.07, 6.45) is 0. The van der Waals surface area contributed by atoms with Crippen molar-refractivity contribution in [3.8, 4) is 6.07 Å². The first-order valence-electron chi connectivity index (χ1n) is 1.83. The maximum atomic E-state index is 7.32. The minimum Gasteiger partial charge on any atom is -0.400 e. The Bertz CT molecular complexity index is 61.3. The molecule has 4 N–H and O–H groups in total. The zero-order chi connectivity index (χ0) is 8.28. The van der Waals surface area contributed by atoms with Crippen molar-refractivity contribution in [3.05, 3.63) is 0 Å². The van der Waals surface area contributed by atoms with Gasteiger partial charge in [0.1, 0.15) is 0 Å². The molecule has 0 rings (SSSR count). The summed E-state index contributed by atoms with van der Waals surface area (Å²) in [6, 6.07) is 1.75. The van der Waals surface area contributed by atoms with Gasteiger partial charge in [-0.15, -0.1) is 0 Å². The molecule has 0 aliphatic carbocycles. The molecular weight excluding hydrogens is 198 g/mol. The summed E-state index contributed by atoms with van der Waals surface area (Å²) in [5, 5.41) is 14.3. The molecule has 0 bridgehead atoms. The zero-order valence-corrected chi connectivity index (χ0v) is 8.08. The molecular formula is C4H11Cl3N2O. The monoisotopic (exact) mass is 208 g/mol. The van der Waals surface area contributed by atoms with Crippen molar-refractivity contribution in [2.45, 2.75) is 11.2 Å². The predicted octanol–water partition coefficient (Wildman–Crippen LogP) is 2.29. The molecule has 0 aliphatic heterocycles. The van der Waals surface area contributed by atoms with Gasteiger partial charge < -0.3 is 11.3 Å². The van der Waals surface area contributed by atoms with Crippen molar-refractivity contribution in [2.75, 3.05) is 7.11 Å². The van der Waals surface area contributed by atoms with Crippen LogP contribution in [0.2, 0.25) is 0 Å². The lowest BCUT2D eigenvalue weighted by atomic mass is 11.0. The number of hydrogen-bond acceptors (Lipinski definition) is 3. The highest BCUT2D eigenvalue weighted by Crippen LogP contribution is 2.03. The second-order valence-corrected chi connectivity index (χ2v) is 2.45. The summed E-state index contributed by atoms with van der Waals surface area (Å²) in [5.41, 5.74) is 0. The quantitative estimate of drug-likeness (QED) is 0.601. The van der Waals surface area contributed by atoms with Gasteiger partial charge in [-0.1, -0.05) is 34.8 Å². The van der Waals surface area contributed by atoms with Crippen molar-refractivity contribution in [1.82, 2.24) is 6.15 Å². The van der Waals surface area contributed by atoms with Gasteiger partial charge in [0, 0.05) is 14.0 Å². The molecule has 0 amide bonds. The van der Waals surface area contributed by atoms with Crippen LogP contribution < -0.4 is 6.15 Å². The summed E-state index contributed by atoms with van der Waals surface area (Å²) in [7, 11) is 1.00. The number of rotatable bonds is 0. The fourth-order valence-electron chi connectivity index (χ4n) is 0.